The fourth-order valence-corrected chi connectivity index (χ4v) is 3.51. The Morgan fingerprint density at radius 1 is 0.800 bits per heavy atom. The predicted octanol–water partition coefficient (Wildman–Crippen LogP) is 7.21. The average molecular weight is 498 g/mol. The summed E-state index contributed by atoms with van der Waals surface area (Å²) in [6.45, 7) is 1.72. The van der Waals surface area contributed by atoms with E-state index in [1.54, 1.807) is 6.92 Å². The minimum atomic E-state index is -4.28. The molecule has 0 unspecified atom stereocenters. The number of aryl methyl sites for hydroxylation is 1. The van der Waals surface area contributed by atoms with Gasteiger partial charge in [-0.15, -0.1) is 0 Å². The molecule has 0 saturated carbocycles. The molecule has 3 aromatic carbocycles. The second kappa shape index (κ2) is 9.12. The number of alkyl halides is 2. The lowest BCUT2D eigenvalue weighted by Crippen LogP contribution is -2.24. The van der Waals surface area contributed by atoms with Crippen LogP contribution in [-0.4, -0.2) is 9.97 Å². The van der Waals surface area contributed by atoms with E-state index in [0.29, 0.717) is 12.5 Å². The van der Waals surface area contributed by atoms with Gasteiger partial charge >= 0.3 is 6.11 Å². The fourth-order valence-electron chi connectivity index (χ4n) is 3.51. The molecule has 0 spiro atoms. The van der Waals surface area contributed by atoms with E-state index in [-0.39, 0.29) is 28.8 Å². The molecule has 1 aromatic heterocycles. The van der Waals surface area contributed by atoms with Crippen molar-refractivity contribution in [1.29, 1.82) is 0 Å². The van der Waals surface area contributed by atoms with Gasteiger partial charge in [0, 0.05) is 5.56 Å². The first-order valence-electron chi connectivity index (χ1n) is 10.2. The second-order valence-electron chi connectivity index (χ2n) is 7.55. The van der Waals surface area contributed by atoms with Gasteiger partial charge in [-0.25, -0.2) is 36.3 Å². The van der Waals surface area contributed by atoms with Crippen LogP contribution >= 0.6 is 0 Å². The quantitative estimate of drug-likeness (QED) is 0.208. The first kappa shape index (κ1) is 24.4. The van der Waals surface area contributed by atoms with E-state index < -0.39 is 57.7 Å². The molecule has 0 aliphatic heterocycles. The maximum absolute atomic E-state index is 14.5. The largest absolute Gasteiger partial charge is 0.429 e. The molecule has 11 heteroatoms. The summed E-state index contributed by atoms with van der Waals surface area (Å²) in [6.07, 6.45) is -2.11. The average Bonchev–Trinajstić information content (AvgIpc) is 2.80. The highest BCUT2D eigenvalue weighted by Crippen LogP contribution is 2.35. The van der Waals surface area contributed by atoms with Crippen molar-refractivity contribution in [3.63, 3.8) is 0 Å². The smallest absolute Gasteiger partial charge is 0.426 e. The zero-order valence-corrected chi connectivity index (χ0v) is 17.8. The lowest BCUT2D eigenvalue weighted by atomic mass is 10.0. The molecule has 0 radical (unpaired) electrons. The molecule has 35 heavy (non-hydrogen) atoms. The third-order valence-corrected chi connectivity index (χ3v) is 5.15. The summed E-state index contributed by atoms with van der Waals surface area (Å²) in [6, 6.07) is 4.17. The zero-order chi connectivity index (χ0) is 25.5. The number of aromatic nitrogens is 2. The Labute approximate surface area is 193 Å². The maximum atomic E-state index is 14.5. The minimum absolute atomic E-state index is 0.0534. The number of fused-ring (bicyclic) bond motifs is 1. The van der Waals surface area contributed by atoms with Gasteiger partial charge in [0.15, 0.2) is 40.7 Å². The lowest BCUT2D eigenvalue weighted by molar-refractivity contribution is -0.188. The van der Waals surface area contributed by atoms with Crippen LogP contribution in [0.2, 0.25) is 0 Å². The first-order valence-corrected chi connectivity index (χ1v) is 10.2. The number of halogens is 8. The van der Waals surface area contributed by atoms with Crippen LogP contribution in [0.15, 0.2) is 42.7 Å². The standard InChI is InChI=1S/C24H14F8N2O/c1-2-3-11-4-5-15(20(28)19(11)27)24(31,32)35-14-9-33-23(34-10-14)13-6-12-7-17(26)21(29)22(30)18(12)16(25)8-13/h4-10H,2-3H2,1H3. The third kappa shape index (κ3) is 4.50. The van der Waals surface area contributed by atoms with Gasteiger partial charge in [-0.1, -0.05) is 19.4 Å². The predicted molar refractivity (Wildman–Crippen MR) is 110 cm³/mol. The van der Waals surface area contributed by atoms with Crippen LogP contribution in [-0.2, 0) is 12.5 Å². The molecular formula is C24H14F8N2O. The molecule has 0 fully saturated rings. The summed E-state index contributed by atoms with van der Waals surface area (Å²) in [5.74, 6) is -10.3. The van der Waals surface area contributed by atoms with E-state index in [9.17, 15) is 35.1 Å². The van der Waals surface area contributed by atoms with Gasteiger partial charge in [0.2, 0.25) is 0 Å². The van der Waals surface area contributed by atoms with Gasteiger partial charge in [0.05, 0.1) is 17.8 Å². The summed E-state index contributed by atoms with van der Waals surface area (Å²) in [5.41, 5.74) is -1.48. The van der Waals surface area contributed by atoms with Crippen molar-refractivity contribution in [3.8, 4) is 17.1 Å². The second-order valence-corrected chi connectivity index (χ2v) is 7.55. The first-order chi connectivity index (χ1) is 16.5. The molecule has 4 aromatic rings. The molecule has 0 aliphatic carbocycles. The maximum Gasteiger partial charge on any atom is 0.429 e. The summed E-state index contributed by atoms with van der Waals surface area (Å²) in [7, 11) is 0. The van der Waals surface area contributed by atoms with Crippen molar-refractivity contribution < 1.29 is 39.9 Å². The van der Waals surface area contributed by atoms with Crippen LogP contribution < -0.4 is 4.74 Å². The van der Waals surface area contributed by atoms with Crippen molar-refractivity contribution in [2.75, 3.05) is 0 Å². The molecule has 0 amide bonds. The van der Waals surface area contributed by atoms with Gasteiger partial charge in [0.1, 0.15) is 11.4 Å². The number of rotatable bonds is 6. The number of nitrogens with zero attached hydrogens (tertiary/aromatic N) is 2. The van der Waals surface area contributed by atoms with Crippen molar-refractivity contribution in [3.05, 3.63) is 88.8 Å². The molecule has 3 nitrogen and oxygen atoms in total. The molecule has 4 rings (SSSR count). The Morgan fingerprint density at radius 2 is 1.49 bits per heavy atom. The molecule has 182 valence electrons. The van der Waals surface area contributed by atoms with Gasteiger partial charge < -0.3 is 4.74 Å². The van der Waals surface area contributed by atoms with Crippen LogP contribution in [0.25, 0.3) is 22.2 Å². The molecule has 0 atom stereocenters. The monoisotopic (exact) mass is 498 g/mol. The normalized spacial score (nSPS) is 11.8. The van der Waals surface area contributed by atoms with Crippen molar-refractivity contribution in [1.82, 2.24) is 9.97 Å². The Kier molecular flexibility index (Phi) is 6.35. The number of hydrogen-bond donors (Lipinski definition) is 0. The summed E-state index contributed by atoms with van der Waals surface area (Å²) >= 11 is 0. The third-order valence-electron chi connectivity index (χ3n) is 5.15. The Bertz CT molecular complexity index is 1420. The van der Waals surface area contributed by atoms with E-state index >= 15 is 0 Å². The molecule has 0 aliphatic rings. The van der Waals surface area contributed by atoms with Crippen molar-refractivity contribution >= 4 is 10.8 Å². The molecule has 0 bridgehead atoms. The fraction of sp³-hybridized carbons (Fsp3) is 0.167. The number of benzene rings is 3. The summed E-state index contributed by atoms with van der Waals surface area (Å²) in [5, 5.41) is -1.11. The number of ether oxygens (including phenoxy) is 1. The van der Waals surface area contributed by atoms with Gasteiger partial charge in [-0.2, -0.15) is 8.78 Å². The van der Waals surface area contributed by atoms with Gasteiger partial charge in [0.25, 0.3) is 0 Å². The number of hydrogen-bond acceptors (Lipinski definition) is 3. The van der Waals surface area contributed by atoms with Crippen LogP contribution in [0.4, 0.5) is 35.1 Å². The van der Waals surface area contributed by atoms with E-state index in [0.717, 1.165) is 36.7 Å². The SMILES string of the molecule is CCCc1ccc(C(F)(F)Oc2cnc(-c3cc(F)c4c(F)c(F)c(F)cc4c3)nc2)c(F)c1F. The van der Waals surface area contributed by atoms with Gasteiger partial charge in [-0.3, -0.25) is 0 Å². The molecule has 1 heterocycles. The topological polar surface area (TPSA) is 35.0 Å². The highest BCUT2D eigenvalue weighted by Gasteiger charge is 2.39. The van der Waals surface area contributed by atoms with E-state index in [4.69, 9.17) is 0 Å². The van der Waals surface area contributed by atoms with Crippen LogP contribution in [0.1, 0.15) is 24.5 Å². The van der Waals surface area contributed by atoms with E-state index in [1.165, 1.54) is 0 Å². The van der Waals surface area contributed by atoms with Crippen LogP contribution in [0.5, 0.6) is 5.75 Å². The van der Waals surface area contributed by atoms with Crippen LogP contribution in [0, 0.1) is 34.9 Å². The molecule has 0 N–H and O–H groups in total. The molecular weight excluding hydrogens is 484 g/mol. The molecule has 0 saturated heterocycles. The Morgan fingerprint density at radius 3 is 2.14 bits per heavy atom. The Balaban J connectivity index is 1.63. The van der Waals surface area contributed by atoms with E-state index in [1.807, 2.05) is 0 Å². The van der Waals surface area contributed by atoms with Gasteiger partial charge in [-0.05, 0) is 41.6 Å². The van der Waals surface area contributed by atoms with Crippen LogP contribution in [0.3, 0.4) is 0 Å². The van der Waals surface area contributed by atoms with Crippen molar-refractivity contribution in [2.24, 2.45) is 0 Å². The highest BCUT2D eigenvalue weighted by atomic mass is 19.3. The summed E-state index contributed by atoms with van der Waals surface area (Å²) in [4.78, 5) is 7.50. The highest BCUT2D eigenvalue weighted by molar-refractivity contribution is 5.87. The summed E-state index contributed by atoms with van der Waals surface area (Å²) < 4.78 is 117. The Hall–Kier alpha value is -3.76. The van der Waals surface area contributed by atoms with E-state index in [2.05, 4.69) is 14.7 Å². The minimum Gasteiger partial charge on any atom is -0.426 e. The lowest BCUT2D eigenvalue weighted by Gasteiger charge is -2.19. The zero-order valence-electron chi connectivity index (χ0n) is 17.8. The van der Waals surface area contributed by atoms with Crippen molar-refractivity contribution in [2.45, 2.75) is 25.9 Å².